The van der Waals surface area contributed by atoms with E-state index in [0.29, 0.717) is 0 Å². The van der Waals surface area contributed by atoms with Crippen LogP contribution in [0.5, 0.6) is 0 Å². The molecule has 2 N–H and O–H groups in total. The van der Waals surface area contributed by atoms with Crippen LogP contribution in [-0.4, -0.2) is 21.2 Å². The van der Waals surface area contributed by atoms with Gasteiger partial charge in [-0.2, -0.15) is 0 Å². The van der Waals surface area contributed by atoms with Gasteiger partial charge >= 0.3 is 0 Å². The van der Waals surface area contributed by atoms with Crippen LogP contribution in [0, 0.1) is 0 Å². The van der Waals surface area contributed by atoms with Crippen molar-refractivity contribution in [2.75, 3.05) is 0 Å². The molecule has 1 atom stereocenters. The van der Waals surface area contributed by atoms with Crippen LogP contribution in [0.2, 0.25) is 0 Å². The van der Waals surface area contributed by atoms with Crippen molar-refractivity contribution < 1.29 is 5.11 Å². The van der Waals surface area contributed by atoms with Gasteiger partial charge in [-0.1, -0.05) is 13.3 Å². The molecule has 0 spiro atoms. The highest BCUT2D eigenvalue weighted by Crippen LogP contribution is 2.15. The summed E-state index contributed by atoms with van der Waals surface area (Å²) in [4.78, 5) is 7.48. The van der Waals surface area contributed by atoms with Crippen molar-refractivity contribution in [2.24, 2.45) is 0 Å². The minimum atomic E-state index is -0.133. The Morgan fingerprint density at radius 2 is 2.29 bits per heavy atom. The second-order valence-electron chi connectivity index (χ2n) is 4.59. The van der Waals surface area contributed by atoms with Gasteiger partial charge in [0, 0.05) is 29.0 Å². The number of aromatic nitrogens is 2. The van der Waals surface area contributed by atoms with Crippen molar-refractivity contribution in [3.63, 3.8) is 0 Å². The van der Waals surface area contributed by atoms with E-state index >= 15 is 0 Å². The first-order valence-electron chi connectivity index (χ1n) is 6.39. The molecule has 0 aliphatic rings. The van der Waals surface area contributed by atoms with Crippen LogP contribution in [0.25, 0.3) is 10.9 Å². The molecule has 3 heteroatoms. The molecule has 17 heavy (non-hydrogen) atoms. The molecule has 0 amide bonds. The maximum absolute atomic E-state index is 9.65. The molecular weight excluding hydrogens is 212 g/mol. The van der Waals surface area contributed by atoms with Gasteiger partial charge < -0.3 is 10.1 Å². The van der Waals surface area contributed by atoms with E-state index in [2.05, 4.69) is 23.0 Å². The Bertz CT molecular complexity index is 431. The van der Waals surface area contributed by atoms with Gasteiger partial charge in [0.2, 0.25) is 0 Å². The topological polar surface area (TPSA) is 48.9 Å². The summed E-state index contributed by atoms with van der Waals surface area (Å²) in [7, 11) is 0. The predicted molar refractivity (Wildman–Crippen MR) is 69.9 cm³/mol. The molecule has 2 aromatic heterocycles. The summed E-state index contributed by atoms with van der Waals surface area (Å²) in [5, 5.41) is 10.8. The molecule has 0 aliphatic carbocycles. The first kappa shape index (κ1) is 12.1. The first-order chi connectivity index (χ1) is 8.29. The number of aromatic amines is 1. The van der Waals surface area contributed by atoms with Gasteiger partial charge in [0.1, 0.15) is 0 Å². The lowest BCUT2D eigenvalue weighted by atomic mass is 10.1. The van der Waals surface area contributed by atoms with Crippen LogP contribution in [0.3, 0.4) is 0 Å². The number of hydrogen-bond acceptors (Lipinski definition) is 2. The molecule has 2 heterocycles. The van der Waals surface area contributed by atoms with Crippen molar-refractivity contribution in [3.05, 3.63) is 30.2 Å². The van der Waals surface area contributed by atoms with Crippen molar-refractivity contribution in [1.82, 2.24) is 9.97 Å². The fraction of sp³-hybridized carbons (Fsp3) is 0.500. The lowest BCUT2D eigenvalue weighted by Crippen LogP contribution is -2.05. The summed E-state index contributed by atoms with van der Waals surface area (Å²) < 4.78 is 0. The number of rotatable bonds is 6. The van der Waals surface area contributed by atoms with E-state index < -0.39 is 0 Å². The van der Waals surface area contributed by atoms with Crippen molar-refractivity contribution in [2.45, 2.75) is 45.1 Å². The minimum Gasteiger partial charge on any atom is -0.393 e. The molecule has 92 valence electrons. The molecule has 0 fully saturated rings. The number of aliphatic hydroxyl groups excluding tert-OH is 1. The number of H-pyrrole nitrogens is 1. The summed E-state index contributed by atoms with van der Waals surface area (Å²) in [6, 6.07) is 4.14. The van der Waals surface area contributed by atoms with Crippen molar-refractivity contribution in [3.8, 4) is 0 Å². The van der Waals surface area contributed by atoms with Crippen LogP contribution in [0.4, 0.5) is 0 Å². The molecule has 0 saturated heterocycles. The quantitative estimate of drug-likeness (QED) is 0.804. The fourth-order valence-corrected chi connectivity index (χ4v) is 2.17. The Kier molecular flexibility index (Phi) is 4.15. The highest BCUT2D eigenvalue weighted by molar-refractivity contribution is 5.79. The van der Waals surface area contributed by atoms with Crippen molar-refractivity contribution in [1.29, 1.82) is 0 Å². The molecule has 0 aromatic carbocycles. The molecule has 3 nitrogen and oxygen atoms in total. The Labute approximate surface area is 102 Å². The van der Waals surface area contributed by atoms with Gasteiger partial charge in [0.25, 0.3) is 0 Å². The van der Waals surface area contributed by atoms with Gasteiger partial charge in [-0.05, 0) is 37.8 Å². The number of pyridine rings is 1. The number of nitrogens with one attached hydrogen (secondary N) is 1. The summed E-state index contributed by atoms with van der Waals surface area (Å²) in [6.45, 7) is 2.11. The van der Waals surface area contributed by atoms with E-state index in [1.165, 1.54) is 5.69 Å². The molecule has 0 saturated carbocycles. The zero-order chi connectivity index (χ0) is 12.1. The number of hydrogen-bond donors (Lipinski definition) is 2. The molecule has 1 unspecified atom stereocenters. The van der Waals surface area contributed by atoms with Crippen LogP contribution in [-0.2, 0) is 6.42 Å². The second-order valence-corrected chi connectivity index (χ2v) is 4.59. The fourth-order valence-electron chi connectivity index (χ4n) is 2.17. The minimum absolute atomic E-state index is 0.133. The van der Waals surface area contributed by atoms with E-state index in [1.807, 2.05) is 12.3 Å². The largest absolute Gasteiger partial charge is 0.393 e. The lowest BCUT2D eigenvalue weighted by Gasteiger charge is -2.07. The van der Waals surface area contributed by atoms with Crippen molar-refractivity contribution >= 4 is 10.9 Å². The highest BCUT2D eigenvalue weighted by Gasteiger charge is 2.04. The molecular formula is C14H20N2O. The van der Waals surface area contributed by atoms with Crippen LogP contribution >= 0.6 is 0 Å². The zero-order valence-corrected chi connectivity index (χ0v) is 10.3. The number of aryl methyl sites for hydroxylation is 1. The maximum Gasteiger partial charge on any atom is 0.0540 e. The van der Waals surface area contributed by atoms with E-state index in [-0.39, 0.29) is 6.10 Å². The Morgan fingerprint density at radius 1 is 1.41 bits per heavy atom. The molecule has 2 rings (SSSR count). The smallest absolute Gasteiger partial charge is 0.0540 e. The van der Waals surface area contributed by atoms with Gasteiger partial charge in [0.05, 0.1) is 6.10 Å². The third-order valence-corrected chi connectivity index (χ3v) is 3.08. The average molecular weight is 232 g/mol. The monoisotopic (exact) mass is 232 g/mol. The Hall–Kier alpha value is -1.35. The van der Waals surface area contributed by atoms with E-state index in [1.54, 1.807) is 6.20 Å². The summed E-state index contributed by atoms with van der Waals surface area (Å²) in [6.07, 6.45) is 8.43. The van der Waals surface area contributed by atoms with Crippen LogP contribution in [0.1, 0.15) is 38.3 Å². The summed E-state index contributed by atoms with van der Waals surface area (Å²) >= 11 is 0. The zero-order valence-electron chi connectivity index (χ0n) is 10.3. The summed E-state index contributed by atoms with van der Waals surface area (Å²) in [5.41, 5.74) is 2.38. The van der Waals surface area contributed by atoms with E-state index in [0.717, 1.165) is 43.0 Å². The number of fused-ring (bicyclic) bond motifs is 1. The maximum atomic E-state index is 9.65. The Balaban J connectivity index is 1.86. The lowest BCUT2D eigenvalue weighted by molar-refractivity contribution is 0.151. The van der Waals surface area contributed by atoms with E-state index in [4.69, 9.17) is 0 Å². The average Bonchev–Trinajstić information content (AvgIpc) is 2.71. The molecule has 0 bridgehead atoms. The SMILES string of the molecule is CCCC(O)CCCc1cc2cnccc2[nH]1. The van der Waals surface area contributed by atoms with Gasteiger partial charge in [-0.3, -0.25) is 4.98 Å². The van der Waals surface area contributed by atoms with E-state index in [9.17, 15) is 5.11 Å². The Morgan fingerprint density at radius 3 is 3.06 bits per heavy atom. The molecule has 0 aliphatic heterocycles. The number of nitrogens with zero attached hydrogens (tertiary/aromatic N) is 1. The van der Waals surface area contributed by atoms with Crippen LogP contribution < -0.4 is 0 Å². The highest BCUT2D eigenvalue weighted by atomic mass is 16.3. The number of aliphatic hydroxyl groups is 1. The summed E-state index contributed by atoms with van der Waals surface area (Å²) in [5.74, 6) is 0. The molecule has 2 aromatic rings. The normalized spacial score (nSPS) is 13.1. The van der Waals surface area contributed by atoms with Gasteiger partial charge in [0.15, 0.2) is 0 Å². The van der Waals surface area contributed by atoms with Crippen LogP contribution in [0.15, 0.2) is 24.5 Å². The van der Waals surface area contributed by atoms with Gasteiger partial charge in [-0.25, -0.2) is 0 Å². The first-order valence-corrected chi connectivity index (χ1v) is 6.39. The standard InChI is InChI=1S/C14H20N2O/c1-2-4-13(17)6-3-5-12-9-11-10-15-8-7-14(11)16-12/h7-10,13,16-17H,2-6H2,1H3. The second kappa shape index (κ2) is 5.82. The predicted octanol–water partition coefficient (Wildman–Crippen LogP) is 3.05. The third kappa shape index (κ3) is 3.30. The molecule has 0 radical (unpaired) electrons. The third-order valence-electron chi connectivity index (χ3n) is 3.08. The van der Waals surface area contributed by atoms with Gasteiger partial charge in [-0.15, -0.1) is 0 Å².